The lowest BCUT2D eigenvalue weighted by molar-refractivity contribution is -0.131. The molecular formula is C15H27N3O. The zero-order chi connectivity index (χ0) is 14.3. The van der Waals surface area contributed by atoms with Crippen molar-refractivity contribution in [2.45, 2.75) is 25.3 Å². The predicted molar refractivity (Wildman–Crippen MR) is 80.1 cm³/mol. The maximum absolute atomic E-state index is 12.2. The van der Waals surface area contributed by atoms with Crippen molar-refractivity contribution in [3.05, 3.63) is 25.3 Å². The normalized spacial score (nSPS) is 18.8. The third-order valence-corrected chi connectivity index (χ3v) is 3.97. The van der Waals surface area contributed by atoms with Crippen molar-refractivity contribution < 1.29 is 4.79 Å². The van der Waals surface area contributed by atoms with E-state index in [-0.39, 0.29) is 11.4 Å². The third kappa shape index (κ3) is 4.80. The number of hydrogen-bond donors (Lipinski definition) is 1. The van der Waals surface area contributed by atoms with Gasteiger partial charge < -0.3 is 10.2 Å². The Morgan fingerprint density at radius 3 is 2.26 bits per heavy atom. The molecule has 108 valence electrons. The van der Waals surface area contributed by atoms with Crippen LogP contribution in [-0.2, 0) is 4.79 Å². The smallest absolute Gasteiger partial charge is 0.237 e. The van der Waals surface area contributed by atoms with Crippen molar-refractivity contribution in [2.75, 3.05) is 39.8 Å². The molecule has 1 amide bonds. The highest BCUT2D eigenvalue weighted by Gasteiger charge is 2.29. The van der Waals surface area contributed by atoms with Gasteiger partial charge in [-0.3, -0.25) is 9.69 Å². The molecule has 0 unspecified atom stereocenters. The van der Waals surface area contributed by atoms with E-state index in [4.69, 9.17) is 0 Å². The molecule has 1 aliphatic heterocycles. The van der Waals surface area contributed by atoms with Crippen molar-refractivity contribution in [1.82, 2.24) is 15.1 Å². The van der Waals surface area contributed by atoms with Crippen LogP contribution in [0.3, 0.4) is 0 Å². The van der Waals surface area contributed by atoms with Gasteiger partial charge in [-0.1, -0.05) is 12.2 Å². The minimum absolute atomic E-state index is 0.160. The first kappa shape index (κ1) is 15.9. The predicted octanol–water partition coefficient (Wildman–Crippen LogP) is 1.26. The molecule has 0 saturated carbocycles. The lowest BCUT2D eigenvalue weighted by Crippen LogP contribution is -2.52. The van der Waals surface area contributed by atoms with E-state index < -0.39 is 0 Å². The number of carbonyl (C=O) groups is 1. The van der Waals surface area contributed by atoms with E-state index in [0.29, 0.717) is 19.6 Å². The molecule has 4 heteroatoms. The molecule has 19 heavy (non-hydrogen) atoms. The van der Waals surface area contributed by atoms with E-state index in [1.165, 1.54) is 0 Å². The summed E-state index contributed by atoms with van der Waals surface area (Å²) in [6.45, 7) is 13.3. The minimum atomic E-state index is 0.160. The van der Waals surface area contributed by atoms with Gasteiger partial charge in [0.1, 0.15) is 0 Å². The van der Waals surface area contributed by atoms with Crippen molar-refractivity contribution >= 4 is 5.91 Å². The topological polar surface area (TPSA) is 35.6 Å². The summed E-state index contributed by atoms with van der Waals surface area (Å²) in [5, 5.41) is 3.37. The molecule has 0 atom stereocenters. The maximum atomic E-state index is 12.2. The molecule has 1 N–H and O–H groups in total. The van der Waals surface area contributed by atoms with Gasteiger partial charge >= 0.3 is 0 Å². The lowest BCUT2D eigenvalue weighted by Gasteiger charge is -2.39. The average molecular weight is 265 g/mol. The first-order chi connectivity index (χ1) is 9.04. The fraction of sp³-hybridized carbons (Fsp3) is 0.667. The highest BCUT2D eigenvalue weighted by Crippen LogP contribution is 2.20. The molecule has 0 spiro atoms. The van der Waals surface area contributed by atoms with Crippen LogP contribution in [0.2, 0.25) is 0 Å². The molecule has 0 bridgehead atoms. The number of likely N-dealkylation sites (tertiary alicyclic amines) is 1. The minimum Gasteiger partial charge on any atom is -0.334 e. The van der Waals surface area contributed by atoms with Crippen molar-refractivity contribution in [2.24, 2.45) is 0 Å². The fourth-order valence-electron chi connectivity index (χ4n) is 2.34. The fourth-order valence-corrected chi connectivity index (χ4v) is 2.34. The van der Waals surface area contributed by atoms with Crippen LogP contribution in [0.5, 0.6) is 0 Å². The van der Waals surface area contributed by atoms with E-state index >= 15 is 0 Å². The molecule has 0 aliphatic carbocycles. The quantitative estimate of drug-likeness (QED) is 0.704. The van der Waals surface area contributed by atoms with Gasteiger partial charge in [-0.15, -0.1) is 13.2 Å². The van der Waals surface area contributed by atoms with Crippen LogP contribution < -0.4 is 5.32 Å². The summed E-state index contributed by atoms with van der Waals surface area (Å²) in [6.07, 6.45) is 5.69. The van der Waals surface area contributed by atoms with Gasteiger partial charge in [0, 0.05) is 31.7 Å². The SMILES string of the molecule is C=CCN(CC=C)C(=O)CN1CCC(C)(NC)CC1. The first-order valence-electron chi connectivity index (χ1n) is 6.95. The van der Waals surface area contributed by atoms with Crippen LogP contribution in [0.25, 0.3) is 0 Å². The molecule has 1 aliphatic rings. The summed E-state index contributed by atoms with van der Waals surface area (Å²) in [5.74, 6) is 0.160. The van der Waals surface area contributed by atoms with E-state index in [2.05, 4.69) is 30.3 Å². The Morgan fingerprint density at radius 2 is 1.84 bits per heavy atom. The van der Waals surface area contributed by atoms with E-state index in [0.717, 1.165) is 25.9 Å². The number of nitrogens with zero attached hydrogens (tertiary/aromatic N) is 2. The zero-order valence-electron chi connectivity index (χ0n) is 12.3. The molecule has 1 heterocycles. The molecule has 0 aromatic rings. The number of hydrogen-bond acceptors (Lipinski definition) is 3. The Kier molecular flexibility index (Phi) is 6.25. The molecule has 1 rings (SSSR count). The number of carbonyl (C=O) groups excluding carboxylic acids is 1. The standard InChI is InChI=1S/C15H27N3O/c1-5-9-18(10-6-2)14(19)13-17-11-7-15(3,16-4)8-12-17/h5-6,16H,1-2,7-13H2,3-4H3. The molecule has 4 nitrogen and oxygen atoms in total. The van der Waals surface area contributed by atoms with Gasteiger partial charge in [-0.2, -0.15) is 0 Å². The summed E-state index contributed by atoms with van der Waals surface area (Å²) in [4.78, 5) is 16.2. The largest absolute Gasteiger partial charge is 0.334 e. The van der Waals surface area contributed by atoms with E-state index in [1.54, 1.807) is 17.1 Å². The average Bonchev–Trinajstić information content (AvgIpc) is 2.41. The van der Waals surface area contributed by atoms with Gasteiger partial charge in [0.2, 0.25) is 5.91 Å². The third-order valence-electron chi connectivity index (χ3n) is 3.97. The first-order valence-corrected chi connectivity index (χ1v) is 6.95. The number of nitrogens with one attached hydrogen (secondary N) is 1. The molecule has 0 aromatic carbocycles. The Labute approximate surface area is 117 Å². The Bertz CT molecular complexity index is 309. The second-order valence-electron chi connectivity index (χ2n) is 5.46. The van der Waals surface area contributed by atoms with Gasteiger partial charge in [0.25, 0.3) is 0 Å². The summed E-state index contributed by atoms with van der Waals surface area (Å²) >= 11 is 0. The van der Waals surface area contributed by atoms with Crippen molar-refractivity contribution in [1.29, 1.82) is 0 Å². The van der Waals surface area contributed by atoms with Crippen LogP contribution >= 0.6 is 0 Å². The Balaban J connectivity index is 2.44. The van der Waals surface area contributed by atoms with Gasteiger partial charge in [-0.25, -0.2) is 0 Å². The second-order valence-corrected chi connectivity index (χ2v) is 5.46. The monoisotopic (exact) mass is 265 g/mol. The Morgan fingerprint density at radius 1 is 1.32 bits per heavy atom. The maximum Gasteiger partial charge on any atom is 0.237 e. The van der Waals surface area contributed by atoms with Gasteiger partial charge in [0.05, 0.1) is 6.54 Å². The van der Waals surface area contributed by atoms with E-state index in [9.17, 15) is 4.79 Å². The summed E-state index contributed by atoms with van der Waals surface area (Å²) in [5.41, 5.74) is 0.224. The van der Waals surface area contributed by atoms with Crippen molar-refractivity contribution in [3.63, 3.8) is 0 Å². The highest BCUT2D eigenvalue weighted by molar-refractivity contribution is 5.78. The summed E-state index contributed by atoms with van der Waals surface area (Å²) < 4.78 is 0. The van der Waals surface area contributed by atoms with Crippen molar-refractivity contribution in [3.8, 4) is 0 Å². The van der Waals surface area contributed by atoms with Gasteiger partial charge in [0.15, 0.2) is 0 Å². The molecule has 0 radical (unpaired) electrons. The zero-order valence-corrected chi connectivity index (χ0v) is 12.3. The Hall–Kier alpha value is -1.13. The lowest BCUT2D eigenvalue weighted by atomic mass is 9.90. The molecule has 0 aromatic heterocycles. The molecule has 1 saturated heterocycles. The highest BCUT2D eigenvalue weighted by atomic mass is 16.2. The molecular weight excluding hydrogens is 238 g/mol. The van der Waals surface area contributed by atoms with Crippen LogP contribution in [0.4, 0.5) is 0 Å². The number of amides is 1. The summed E-state index contributed by atoms with van der Waals surface area (Å²) in [6, 6.07) is 0. The van der Waals surface area contributed by atoms with Crippen LogP contribution in [0.1, 0.15) is 19.8 Å². The van der Waals surface area contributed by atoms with Crippen LogP contribution in [-0.4, -0.2) is 61.0 Å². The van der Waals surface area contributed by atoms with E-state index in [1.807, 2.05) is 7.05 Å². The molecule has 1 fully saturated rings. The van der Waals surface area contributed by atoms with Crippen LogP contribution in [0.15, 0.2) is 25.3 Å². The number of piperidine rings is 1. The number of rotatable bonds is 7. The van der Waals surface area contributed by atoms with Crippen LogP contribution in [0, 0.1) is 0 Å². The second kappa shape index (κ2) is 7.46. The summed E-state index contributed by atoms with van der Waals surface area (Å²) in [7, 11) is 2.01. The van der Waals surface area contributed by atoms with Gasteiger partial charge in [-0.05, 0) is 26.8 Å².